The summed E-state index contributed by atoms with van der Waals surface area (Å²) in [6.07, 6.45) is 9.02. The number of amides is 3. The number of carbonyl (C=O) groups is 3. The number of benzene rings is 1. The lowest BCUT2D eigenvalue weighted by molar-refractivity contribution is -0.122. The van der Waals surface area contributed by atoms with Gasteiger partial charge < -0.3 is 4.90 Å². The summed E-state index contributed by atoms with van der Waals surface area (Å²) < 4.78 is 0. The number of hydrogen-bond donors (Lipinski definition) is 0. The van der Waals surface area contributed by atoms with Gasteiger partial charge in [0.1, 0.15) is 0 Å². The first-order valence-electron chi connectivity index (χ1n) is 10.0. The fourth-order valence-corrected chi connectivity index (χ4v) is 4.64. The van der Waals surface area contributed by atoms with Crippen molar-refractivity contribution in [1.29, 1.82) is 0 Å². The van der Waals surface area contributed by atoms with Gasteiger partial charge in [-0.05, 0) is 43.4 Å². The molecule has 2 heterocycles. The van der Waals surface area contributed by atoms with E-state index in [1.807, 2.05) is 24.0 Å². The van der Waals surface area contributed by atoms with Crippen LogP contribution < -0.4 is 4.90 Å². The van der Waals surface area contributed by atoms with E-state index in [1.165, 1.54) is 4.90 Å². The minimum absolute atomic E-state index is 0.00899. The molecule has 3 aliphatic rings. The van der Waals surface area contributed by atoms with Crippen LogP contribution in [0.2, 0.25) is 0 Å². The monoisotopic (exact) mass is 366 g/mol. The summed E-state index contributed by atoms with van der Waals surface area (Å²) in [6.45, 7) is 3.54. The summed E-state index contributed by atoms with van der Waals surface area (Å²) >= 11 is 0. The van der Waals surface area contributed by atoms with E-state index in [4.69, 9.17) is 0 Å². The first-order valence-corrected chi connectivity index (χ1v) is 10.0. The molecule has 1 aromatic carbocycles. The predicted molar refractivity (Wildman–Crippen MR) is 103 cm³/mol. The van der Waals surface area contributed by atoms with E-state index in [9.17, 15) is 14.4 Å². The zero-order valence-electron chi connectivity index (χ0n) is 15.8. The molecule has 5 heteroatoms. The van der Waals surface area contributed by atoms with Crippen LogP contribution in [-0.2, 0) is 9.59 Å². The van der Waals surface area contributed by atoms with Crippen molar-refractivity contribution in [2.75, 3.05) is 18.0 Å². The molecule has 0 unspecified atom stereocenters. The van der Waals surface area contributed by atoms with Gasteiger partial charge in [-0.3, -0.25) is 19.3 Å². The normalized spacial score (nSPS) is 28.3. The molecule has 0 spiro atoms. The van der Waals surface area contributed by atoms with E-state index >= 15 is 0 Å². The summed E-state index contributed by atoms with van der Waals surface area (Å²) in [5.41, 5.74) is 1.07. The number of imide groups is 1. The minimum Gasteiger partial charge on any atom is -0.339 e. The van der Waals surface area contributed by atoms with E-state index in [-0.39, 0.29) is 35.5 Å². The maximum Gasteiger partial charge on any atom is 0.253 e. The molecule has 3 atom stereocenters. The first-order chi connectivity index (χ1) is 13.1. The molecule has 3 amide bonds. The van der Waals surface area contributed by atoms with E-state index in [2.05, 4.69) is 0 Å². The number of nitrogens with zero attached hydrogens (tertiary/aromatic N) is 2. The van der Waals surface area contributed by atoms with Crippen LogP contribution in [0.25, 0.3) is 0 Å². The van der Waals surface area contributed by atoms with Crippen LogP contribution in [0.1, 0.15) is 49.4 Å². The van der Waals surface area contributed by atoms with Crippen molar-refractivity contribution in [3.8, 4) is 0 Å². The van der Waals surface area contributed by atoms with Crippen LogP contribution in [0, 0.1) is 17.8 Å². The molecule has 142 valence electrons. The Kier molecular flexibility index (Phi) is 4.85. The highest BCUT2D eigenvalue weighted by Crippen LogP contribution is 2.40. The first kappa shape index (κ1) is 18.0. The average Bonchev–Trinajstić information content (AvgIpc) is 2.86. The van der Waals surface area contributed by atoms with E-state index in [1.54, 1.807) is 24.3 Å². The van der Waals surface area contributed by atoms with Crippen LogP contribution in [0.4, 0.5) is 5.69 Å². The molecule has 0 N–H and O–H groups in total. The third-order valence-corrected chi connectivity index (χ3v) is 6.12. The standard InChI is InChI=1S/C22H26N2O3/c1-15-8-6-11-18-19(15)22(27)24(21(18)26)17-10-7-9-16(14-17)20(25)23-12-4-2-3-5-13-23/h6-10,14-15,18-19H,2-5,11-13H2,1H3/t15-,18+,19-/m1/s1. The molecule has 0 radical (unpaired) electrons. The topological polar surface area (TPSA) is 57.7 Å². The Balaban J connectivity index is 1.60. The number of hydrogen-bond acceptors (Lipinski definition) is 3. The van der Waals surface area contributed by atoms with Gasteiger partial charge in [-0.25, -0.2) is 0 Å². The van der Waals surface area contributed by atoms with Crippen LogP contribution in [0.15, 0.2) is 36.4 Å². The Labute approximate surface area is 160 Å². The molecular formula is C22H26N2O3. The lowest BCUT2D eigenvalue weighted by Crippen LogP contribution is -2.33. The lowest BCUT2D eigenvalue weighted by Gasteiger charge is -2.22. The molecule has 1 aliphatic carbocycles. The van der Waals surface area contributed by atoms with Crippen molar-refractivity contribution in [2.24, 2.45) is 17.8 Å². The average molecular weight is 366 g/mol. The van der Waals surface area contributed by atoms with Gasteiger partial charge in [0.25, 0.3) is 5.91 Å². The Hall–Kier alpha value is -2.43. The quantitative estimate of drug-likeness (QED) is 0.595. The van der Waals surface area contributed by atoms with Gasteiger partial charge in [0.05, 0.1) is 17.5 Å². The maximum absolute atomic E-state index is 13.0. The van der Waals surface area contributed by atoms with E-state index in [0.717, 1.165) is 38.8 Å². The number of anilines is 1. The molecular weight excluding hydrogens is 340 g/mol. The highest BCUT2D eigenvalue weighted by Gasteiger charge is 2.50. The van der Waals surface area contributed by atoms with Gasteiger partial charge in [0.2, 0.25) is 11.8 Å². The highest BCUT2D eigenvalue weighted by molar-refractivity contribution is 6.22. The smallest absolute Gasteiger partial charge is 0.253 e. The minimum atomic E-state index is -0.285. The van der Waals surface area contributed by atoms with Crippen LogP contribution in [-0.4, -0.2) is 35.7 Å². The second-order valence-corrected chi connectivity index (χ2v) is 7.92. The molecule has 0 aromatic heterocycles. The molecule has 5 nitrogen and oxygen atoms in total. The highest BCUT2D eigenvalue weighted by atomic mass is 16.2. The summed E-state index contributed by atoms with van der Waals surface area (Å²) in [6, 6.07) is 7.01. The Morgan fingerprint density at radius 2 is 1.78 bits per heavy atom. The van der Waals surface area contributed by atoms with E-state index < -0.39 is 0 Å². The van der Waals surface area contributed by atoms with Crippen molar-refractivity contribution in [3.05, 3.63) is 42.0 Å². The predicted octanol–water partition coefficient (Wildman–Crippen LogP) is 3.40. The molecule has 4 rings (SSSR count). The molecule has 0 saturated carbocycles. The Morgan fingerprint density at radius 1 is 1.04 bits per heavy atom. The fraction of sp³-hybridized carbons (Fsp3) is 0.500. The number of rotatable bonds is 2. The summed E-state index contributed by atoms with van der Waals surface area (Å²) in [5.74, 6) is -0.783. The van der Waals surface area contributed by atoms with Crippen molar-refractivity contribution in [3.63, 3.8) is 0 Å². The summed E-state index contributed by atoms with van der Waals surface area (Å²) in [4.78, 5) is 42.0. The van der Waals surface area contributed by atoms with Crippen molar-refractivity contribution >= 4 is 23.4 Å². The number of allylic oxidation sites excluding steroid dienone is 2. The molecule has 2 saturated heterocycles. The van der Waals surface area contributed by atoms with Gasteiger partial charge in [-0.15, -0.1) is 0 Å². The summed E-state index contributed by atoms with van der Waals surface area (Å²) in [7, 11) is 0. The van der Waals surface area contributed by atoms with Crippen LogP contribution in [0.3, 0.4) is 0 Å². The van der Waals surface area contributed by atoms with Crippen LogP contribution in [0.5, 0.6) is 0 Å². The second kappa shape index (κ2) is 7.29. The number of fused-ring (bicyclic) bond motifs is 1. The molecule has 27 heavy (non-hydrogen) atoms. The van der Waals surface area contributed by atoms with Gasteiger partial charge in [-0.2, -0.15) is 0 Å². The van der Waals surface area contributed by atoms with Crippen molar-refractivity contribution in [1.82, 2.24) is 4.90 Å². The van der Waals surface area contributed by atoms with Gasteiger partial charge in [0.15, 0.2) is 0 Å². The third kappa shape index (κ3) is 3.20. The number of likely N-dealkylation sites (tertiary alicyclic amines) is 1. The second-order valence-electron chi connectivity index (χ2n) is 7.92. The van der Waals surface area contributed by atoms with Gasteiger partial charge >= 0.3 is 0 Å². The van der Waals surface area contributed by atoms with Gasteiger partial charge in [0, 0.05) is 18.7 Å². The zero-order valence-corrected chi connectivity index (χ0v) is 15.8. The SMILES string of the molecule is C[C@@H]1C=CC[C@@H]2C(=O)N(c3cccc(C(=O)N4CCCCCC4)c3)C(=O)[C@H]12. The number of carbonyl (C=O) groups excluding carboxylic acids is 3. The van der Waals surface area contributed by atoms with Crippen LogP contribution >= 0.6 is 0 Å². The largest absolute Gasteiger partial charge is 0.339 e. The van der Waals surface area contributed by atoms with Crippen molar-refractivity contribution < 1.29 is 14.4 Å². The Morgan fingerprint density at radius 3 is 2.48 bits per heavy atom. The Bertz CT molecular complexity index is 793. The summed E-state index contributed by atoms with van der Waals surface area (Å²) in [5, 5.41) is 0. The molecule has 1 aromatic rings. The lowest BCUT2D eigenvalue weighted by atomic mass is 9.78. The zero-order chi connectivity index (χ0) is 19.0. The molecule has 2 aliphatic heterocycles. The third-order valence-electron chi connectivity index (χ3n) is 6.12. The van der Waals surface area contributed by atoms with E-state index in [0.29, 0.717) is 17.7 Å². The van der Waals surface area contributed by atoms with Crippen molar-refractivity contribution in [2.45, 2.75) is 39.0 Å². The molecule has 2 fully saturated rings. The van der Waals surface area contributed by atoms with Gasteiger partial charge in [-0.1, -0.05) is 38.0 Å². The fourth-order valence-electron chi connectivity index (χ4n) is 4.64. The molecule has 0 bridgehead atoms. The maximum atomic E-state index is 13.0.